The van der Waals surface area contributed by atoms with Gasteiger partial charge in [-0.1, -0.05) is 11.3 Å². The summed E-state index contributed by atoms with van der Waals surface area (Å²) in [6.07, 6.45) is 1.73. The molecule has 0 aliphatic carbocycles. The Morgan fingerprint density at radius 1 is 1.67 bits per heavy atom. The molecule has 0 fully saturated rings. The first-order valence-corrected chi connectivity index (χ1v) is 3.98. The molecule has 0 N–H and O–H groups in total. The van der Waals surface area contributed by atoms with Crippen LogP contribution in [0.15, 0.2) is 16.3 Å². The van der Waals surface area contributed by atoms with Crippen LogP contribution in [0.3, 0.4) is 0 Å². The molecule has 0 radical (unpaired) electrons. The van der Waals surface area contributed by atoms with Gasteiger partial charge in [-0.2, -0.15) is 9.61 Å². The van der Waals surface area contributed by atoms with Crippen molar-refractivity contribution in [1.82, 2.24) is 14.6 Å². The SMILES string of the molecule is Brc1cnc2scnn12. The van der Waals surface area contributed by atoms with Crippen molar-refractivity contribution in [1.29, 1.82) is 0 Å². The molecular weight excluding hydrogens is 202 g/mol. The van der Waals surface area contributed by atoms with E-state index in [1.807, 2.05) is 0 Å². The molecule has 2 aromatic heterocycles. The van der Waals surface area contributed by atoms with E-state index in [0.717, 1.165) is 9.56 Å². The summed E-state index contributed by atoms with van der Waals surface area (Å²) in [6.45, 7) is 0. The minimum atomic E-state index is 0.902. The summed E-state index contributed by atoms with van der Waals surface area (Å²) in [7, 11) is 0. The van der Waals surface area contributed by atoms with Gasteiger partial charge >= 0.3 is 0 Å². The minimum Gasteiger partial charge on any atom is -0.225 e. The van der Waals surface area contributed by atoms with Gasteiger partial charge in [-0.15, -0.1) is 0 Å². The molecule has 3 nitrogen and oxygen atoms in total. The van der Waals surface area contributed by atoms with Crippen molar-refractivity contribution in [3.63, 3.8) is 0 Å². The van der Waals surface area contributed by atoms with Crippen LogP contribution in [-0.4, -0.2) is 14.6 Å². The summed E-state index contributed by atoms with van der Waals surface area (Å²) in [6, 6.07) is 0. The van der Waals surface area contributed by atoms with Crippen molar-refractivity contribution in [2.24, 2.45) is 0 Å². The number of nitrogens with zero attached hydrogens (tertiary/aromatic N) is 3. The highest BCUT2D eigenvalue weighted by Crippen LogP contribution is 2.13. The highest BCUT2D eigenvalue weighted by molar-refractivity contribution is 9.10. The van der Waals surface area contributed by atoms with Gasteiger partial charge in [0.15, 0.2) is 0 Å². The van der Waals surface area contributed by atoms with Crippen LogP contribution in [0.5, 0.6) is 0 Å². The molecule has 0 amide bonds. The van der Waals surface area contributed by atoms with Crippen LogP contribution >= 0.6 is 27.3 Å². The van der Waals surface area contributed by atoms with Crippen LogP contribution in [-0.2, 0) is 0 Å². The Kier molecular flexibility index (Phi) is 1.06. The van der Waals surface area contributed by atoms with Gasteiger partial charge in [0.05, 0.1) is 6.20 Å². The van der Waals surface area contributed by atoms with Gasteiger partial charge in [0.1, 0.15) is 10.1 Å². The molecule has 0 bridgehead atoms. The molecule has 0 aromatic carbocycles. The van der Waals surface area contributed by atoms with Gasteiger partial charge < -0.3 is 0 Å². The number of hydrogen-bond donors (Lipinski definition) is 0. The van der Waals surface area contributed by atoms with E-state index in [9.17, 15) is 0 Å². The minimum absolute atomic E-state index is 0.902. The van der Waals surface area contributed by atoms with E-state index in [4.69, 9.17) is 0 Å². The summed E-state index contributed by atoms with van der Waals surface area (Å²) in [4.78, 5) is 4.97. The smallest absolute Gasteiger partial charge is 0.212 e. The fraction of sp³-hybridized carbons (Fsp3) is 0. The van der Waals surface area contributed by atoms with Crippen LogP contribution in [0.1, 0.15) is 0 Å². The fourth-order valence-corrected chi connectivity index (χ4v) is 1.69. The van der Waals surface area contributed by atoms with Crippen LogP contribution in [0, 0.1) is 0 Å². The number of halogens is 1. The van der Waals surface area contributed by atoms with Gasteiger partial charge in [-0.25, -0.2) is 4.98 Å². The number of hydrogen-bond acceptors (Lipinski definition) is 3. The topological polar surface area (TPSA) is 30.2 Å². The number of aromatic nitrogens is 3. The van der Waals surface area contributed by atoms with Crippen LogP contribution in [0.2, 0.25) is 0 Å². The predicted molar refractivity (Wildman–Crippen MR) is 38.6 cm³/mol. The highest BCUT2D eigenvalue weighted by Gasteiger charge is 1.99. The third-order valence-electron chi connectivity index (χ3n) is 0.986. The molecule has 0 aliphatic heterocycles. The summed E-state index contributed by atoms with van der Waals surface area (Å²) in [5.41, 5.74) is 1.76. The lowest BCUT2D eigenvalue weighted by Gasteiger charge is -1.77. The first-order chi connectivity index (χ1) is 4.38. The van der Waals surface area contributed by atoms with Crippen LogP contribution in [0.25, 0.3) is 4.96 Å². The molecule has 0 saturated heterocycles. The second kappa shape index (κ2) is 1.78. The first-order valence-electron chi connectivity index (χ1n) is 2.30. The lowest BCUT2D eigenvalue weighted by atomic mass is 11.0. The number of rotatable bonds is 0. The zero-order chi connectivity index (χ0) is 6.27. The highest BCUT2D eigenvalue weighted by atomic mass is 79.9. The molecule has 5 heteroatoms. The first kappa shape index (κ1) is 5.37. The second-order valence-corrected chi connectivity index (χ2v) is 3.14. The molecule has 9 heavy (non-hydrogen) atoms. The van der Waals surface area contributed by atoms with Crippen molar-refractivity contribution < 1.29 is 0 Å². The van der Waals surface area contributed by atoms with Crippen molar-refractivity contribution in [3.05, 3.63) is 16.3 Å². The van der Waals surface area contributed by atoms with E-state index in [0.29, 0.717) is 0 Å². The molecular formula is C4H2BrN3S. The van der Waals surface area contributed by atoms with E-state index < -0.39 is 0 Å². The zero-order valence-corrected chi connectivity index (χ0v) is 6.69. The third kappa shape index (κ3) is 0.684. The number of imidazole rings is 1. The Balaban J connectivity index is 2.99. The van der Waals surface area contributed by atoms with Gasteiger partial charge in [-0.05, 0) is 15.9 Å². The molecule has 0 atom stereocenters. The maximum Gasteiger partial charge on any atom is 0.212 e. The fourth-order valence-electron chi connectivity index (χ4n) is 0.612. The normalized spacial score (nSPS) is 10.8. The van der Waals surface area contributed by atoms with Gasteiger partial charge in [0.25, 0.3) is 0 Å². The standard InChI is InChI=1S/C4H2BrN3S/c5-3-1-6-4-8(3)7-2-9-4/h1-2H. The largest absolute Gasteiger partial charge is 0.225 e. The predicted octanol–water partition coefficient (Wildman–Crippen LogP) is 1.55. The number of fused-ring (bicyclic) bond motifs is 1. The van der Waals surface area contributed by atoms with Gasteiger partial charge in [0.2, 0.25) is 4.96 Å². The Morgan fingerprint density at radius 2 is 2.56 bits per heavy atom. The van der Waals surface area contributed by atoms with Gasteiger partial charge in [0, 0.05) is 0 Å². The summed E-state index contributed by atoms with van der Waals surface area (Å²) in [5, 5.41) is 4.00. The van der Waals surface area contributed by atoms with Crippen molar-refractivity contribution in [2.75, 3.05) is 0 Å². The zero-order valence-electron chi connectivity index (χ0n) is 4.28. The Bertz CT molecular complexity index is 325. The Morgan fingerprint density at radius 3 is 3.33 bits per heavy atom. The molecule has 2 heterocycles. The van der Waals surface area contributed by atoms with Crippen molar-refractivity contribution >= 4 is 32.2 Å². The monoisotopic (exact) mass is 203 g/mol. The molecule has 2 aromatic rings. The molecule has 0 saturated carbocycles. The maximum absolute atomic E-state index is 4.05. The lowest BCUT2D eigenvalue weighted by Crippen LogP contribution is -1.79. The Hall–Kier alpha value is -0.420. The van der Waals surface area contributed by atoms with E-state index >= 15 is 0 Å². The average Bonchev–Trinajstić information content (AvgIpc) is 2.35. The van der Waals surface area contributed by atoms with E-state index in [1.54, 1.807) is 16.2 Å². The molecule has 46 valence electrons. The van der Waals surface area contributed by atoms with Crippen molar-refractivity contribution in [3.8, 4) is 0 Å². The van der Waals surface area contributed by atoms with E-state index in [-0.39, 0.29) is 0 Å². The van der Waals surface area contributed by atoms with E-state index in [1.165, 1.54) is 11.3 Å². The van der Waals surface area contributed by atoms with Crippen LogP contribution < -0.4 is 0 Å². The van der Waals surface area contributed by atoms with Crippen LogP contribution in [0.4, 0.5) is 0 Å². The Labute approximate surface area is 63.5 Å². The summed E-state index contributed by atoms with van der Waals surface area (Å²) >= 11 is 4.81. The average molecular weight is 204 g/mol. The lowest BCUT2D eigenvalue weighted by molar-refractivity contribution is 0.950. The summed E-state index contributed by atoms with van der Waals surface area (Å²) < 4.78 is 2.64. The molecule has 0 aliphatic rings. The summed E-state index contributed by atoms with van der Waals surface area (Å²) in [5.74, 6) is 0. The van der Waals surface area contributed by atoms with E-state index in [2.05, 4.69) is 26.0 Å². The molecule has 0 unspecified atom stereocenters. The quantitative estimate of drug-likeness (QED) is 0.651. The third-order valence-corrected chi connectivity index (χ3v) is 2.22. The molecule has 2 rings (SSSR count). The molecule has 0 spiro atoms. The second-order valence-electron chi connectivity index (χ2n) is 1.51. The van der Waals surface area contributed by atoms with Crippen molar-refractivity contribution in [2.45, 2.75) is 0 Å². The van der Waals surface area contributed by atoms with Gasteiger partial charge in [-0.3, -0.25) is 0 Å². The maximum atomic E-state index is 4.05.